The monoisotopic (exact) mass is 148 g/mol. The van der Waals surface area contributed by atoms with Crippen LogP contribution in [0.1, 0.15) is 13.3 Å². The van der Waals surface area contributed by atoms with E-state index in [1.165, 1.54) is 5.57 Å². The molecule has 0 radical (unpaired) electrons. The van der Waals surface area contributed by atoms with Crippen molar-refractivity contribution in [2.45, 2.75) is 13.3 Å². The van der Waals surface area contributed by atoms with E-state index < -0.39 is 0 Å². The summed E-state index contributed by atoms with van der Waals surface area (Å²) in [6.07, 6.45) is 3.13. The second kappa shape index (κ2) is 6.12. The van der Waals surface area contributed by atoms with Crippen LogP contribution in [0.3, 0.4) is 0 Å². The van der Waals surface area contributed by atoms with E-state index in [-0.39, 0.29) is 0 Å². The highest BCUT2D eigenvalue weighted by Crippen LogP contribution is 1.99. The van der Waals surface area contributed by atoms with Crippen LogP contribution < -0.4 is 0 Å². The molecule has 0 bridgehead atoms. The molecule has 0 fully saturated rings. The van der Waals surface area contributed by atoms with Crippen molar-refractivity contribution < 1.29 is 4.74 Å². The minimum Gasteiger partial charge on any atom is -0.380 e. The van der Waals surface area contributed by atoms with Gasteiger partial charge in [-0.1, -0.05) is 13.0 Å². The molecule has 9 heavy (non-hydrogen) atoms. The Morgan fingerprint density at radius 1 is 1.67 bits per heavy atom. The molecule has 0 rings (SSSR count). The summed E-state index contributed by atoms with van der Waals surface area (Å²) in [4.78, 5) is 0. The fraction of sp³-hybridized carbons (Fsp3) is 0.714. The predicted molar refractivity (Wildman–Crippen MR) is 41.0 cm³/mol. The molecule has 2 heteroatoms. The first kappa shape index (κ1) is 8.99. The molecule has 0 atom stereocenters. The lowest BCUT2D eigenvalue weighted by molar-refractivity contribution is 0.226. The molecule has 0 saturated carbocycles. The number of ether oxygens (including phenoxy) is 1. The molecule has 0 spiro atoms. The Hall–Kier alpha value is -0.0100. The quantitative estimate of drug-likeness (QED) is 0.439. The molecule has 0 aromatic rings. The van der Waals surface area contributed by atoms with Gasteiger partial charge in [-0.25, -0.2) is 0 Å². The van der Waals surface area contributed by atoms with Crippen molar-refractivity contribution >= 4 is 11.6 Å². The number of alkyl halides is 1. The number of hydrogen-bond acceptors (Lipinski definition) is 1. The van der Waals surface area contributed by atoms with Gasteiger partial charge < -0.3 is 4.74 Å². The van der Waals surface area contributed by atoms with Crippen LogP contribution in [-0.2, 0) is 4.74 Å². The Balaban J connectivity index is 3.53. The van der Waals surface area contributed by atoms with Crippen molar-refractivity contribution in [3.63, 3.8) is 0 Å². The van der Waals surface area contributed by atoms with Crippen LogP contribution in [0.15, 0.2) is 11.6 Å². The summed E-state index contributed by atoms with van der Waals surface area (Å²) in [6, 6.07) is 0. The molecule has 0 aliphatic carbocycles. The zero-order valence-electron chi connectivity index (χ0n) is 5.98. The summed E-state index contributed by atoms with van der Waals surface area (Å²) in [7, 11) is 1.68. The highest BCUT2D eigenvalue weighted by atomic mass is 35.5. The summed E-state index contributed by atoms with van der Waals surface area (Å²) < 4.78 is 4.89. The average molecular weight is 149 g/mol. The van der Waals surface area contributed by atoms with Gasteiger partial charge in [0.05, 0.1) is 6.61 Å². The van der Waals surface area contributed by atoms with E-state index in [0.717, 1.165) is 6.42 Å². The minimum absolute atomic E-state index is 0.585. The Labute approximate surface area is 61.7 Å². The second-order valence-corrected chi connectivity index (χ2v) is 2.10. The first-order valence-corrected chi connectivity index (χ1v) is 3.61. The lowest BCUT2D eigenvalue weighted by Crippen LogP contribution is -1.94. The average Bonchev–Trinajstić information content (AvgIpc) is 1.88. The smallest absolute Gasteiger partial charge is 0.0684 e. The van der Waals surface area contributed by atoms with Crippen LogP contribution >= 0.6 is 11.6 Å². The van der Waals surface area contributed by atoms with Gasteiger partial charge >= 0.3 is 0 Å². The van der Waals surface area contributed by atoms with Crippen LogP contribution in [0.4, 0.5) is 0 Å². The third-order valence-electron chi connectivity index (χ3n) is 0.994. The molecule has 0 aliphatic rings. The lowest BCUT2D eigenvalue weighted by Gasteiger charge is -1.98. The SMILES string of the molecule is CC/C=C(/CCl)COC. The molecule has 0 aliphatic heterocycles. The van der Waals surface area contributed by atoms with Crippen molar-refractivity contribution in [2.24, 2.45) is 0 Å². The van der Waals surface area contributed by atoms with Gasteiger partial charge in [-0.15, -0.1) is 11.6 Å². The van der Waals surface area contributed by atoms with Gasteiger partial charge in [0.25, 0.3) is 0 Å². The highest BCUT2D eigenvalue weighted by molar-refractivity contribution is 6.19. The summed E-state index contributed by atoms with van der Waals surface area (Å²) in [6.45, 7) is 2.75. The summed E-state index contributed by atoms with van der Waals surface area (Å²) in [5, 5.41) is 0. The molecule has 0 aromatic carbocycles. The van der Waals surface area contributed by atoms with E-state index in [4.69, 9.17) is 16.3 Å². The van der Waals surface area contributed by atoms with Gasteiger partial charge in [0, 0.05) is 13.0 Å². The summed E-state index contributed by atoms with van der Waals surface area (Å²) in [5.41, 5.74) is 1.17. The normalized spacial score (nSPS) is 12.1. The molecule has 0 amide bonds. The van der Waals surface area contributed by atoms with Gasteiger partial charge in [0.1, 0.15) is 0 Å². The molecule has 0 saturated heterocycles. The minimum atomic E-state index is 0.585. The van der Waals surface area contributed by atoms with E-state index in [1.54, 1.807) is 7.11 Å². The van der Waals surface area contributed by atoms with Crippen LogP contribution in [0.5, 0.6) is 0 Å². The molecule has 0 N–H and O–H groups in total. The van der Waals surface area contributed by atoms with Gasteiger partial charge in [-0.2, -0.15) is 0 Å². The number of halogens is 1. The summed E-state index contributed by atoms with van der Waals surface area (Å²) in [5.74, 6) is 0.585. The molecule has 54 valence electrons. The van der Waals surface area contributed by atoms with Crippen LogP contribution in [-0.4, -0.2) is 19.6 Å². The van der Waals surface area contributed by atoms with Gasteiger partial charge in [0.2, 0.25) is 0 Å². The maximum absolute atomic E-state index is 5.58. The number of rotatable bonds is 4. The van der Waals surface area contributed by atoms with Crippen molar-refractivity contribution in [3.8, 4) is 0 Å². The molecule has 0 aromatic heterocycles. The number of allylic oxidation sites excluding steroid dienone is 1. The largest absolute Gasteiger partial charge is 0.380 e. The lowest BCUT2D eigenvalue weighted by atomic mass is 10.3. The Kier molecular flexibility index (Phi) is 6.11. The van der Waals surface area contributed by atoms with Crippen LogP contribution in [0.2, 0.25) is 0 Å². The standard InChI is InChI=1S/C7H13ClO/c1-3-4-7(5-8)6-9-2/h4H,3,5-6H2,1-2H3/b7-4-. The zero-order chi connectivity index (χ0) is 7.11. The van der Waals surface area contributed by atoms with E-state index >= 15 is 0 Å². The Morgan fingerprint density at radius 3 is 2.67 bits per heavy atom. The molecular formula is C7H13ClO. The van der Waals surface area contributed by atoms with Gasteiger partial charge in [0.15, 0.2) is 0 Å². The van der Waals surface area contributed by atoms with Gasteiger partial charge in [-0.3, -0.25) is 0 Å². The third kappa shape index (κ3) is 4.49. The molecular weight excluding hydrogens is 136 g/mol. The van der Waals surface area contributed by atoms with E-state index in [0.29, 0.717) is 12.5 Å². The van der Waals surface area contributed by atoms with E-state index in [1.807, 2.05) is 0 Å². The third-order valence-corrected chi connectivity index (χ3v) is 1.34. The first-order chi connectivity index (χ1) is 4.35. The highest BCUT2D eigenvalue weighted by Gasteiger charge is 1.90. The Bertz CT molecular complexity index is 88.9. The van der Waals surface area contributed by atoms with Crippen LogP contribution in [0.25, 0.3) is 0 Å². The number of hydrogen-bond donors (Lipinski definition) is 0. The fourth-order valence-electron chi connectivity index (χ4n) is 0.626. The second-order valence-electron chi connectivity index (χ2n) is 1.84. The maximum atomic E-state index is 5.58. The summed E-state index contributed by atoms with van der Waals surface area (Å²) >= 11 is 5.58. The maximum Gasteiger partial charge on any atom is 0.0684 e. The van der Waals surface area contributed by atoms with Crippen molar-refractivity contribution in [1.29, 1.82) is 0 Å². The Morgan fingerprint density at radius 2 is 2.33 bits per heavy atom. The molecule has 0 heterocycles. The van der Waals surface area contributed by atoms with Crippen molar-refractivity contribution in [1.82, 2.24) is 0 Å². The first-order valence-electron chi connectivity index (χ1n) is 3.08. The zero-order valence-corrected chi connectivity index (χ0v) is 6.74. The van der Waals surface area contributed by atoms with Gasteiger partial charge in [-0.05, 0) is 12.0 Å². The topological polar surface area (TPSA) is 9.23 Å². The van der Waals surface area contributed by atoms with E-state index in [9.17, 15) is 0 Å². The van der Waals surface area contributed by atoms with Crippen molar-refractivity contribution in [3.05, 3.63) is 11.6 Å². The van der Waals surface area contributed by atoms with Crippen LogP contribution in [0, 0.1) is 0 Å². The number of methoxy groups -OCH3 is 1. The van der Waals surface area contributed by atoms with Crippen molar-refractivity contribution in [2.75, 3.05) is 19.6 Å². The molecule has 0 unspecified atom stereocenters. The predicted octanol–water partition coefficient (Wildman–Crippen LogP) is 2.21. The molecule has 1 nitrogen and oxygen atoms in total. The fourth-order valence-corrected chi connectivity index (χ4v) is 0.812. The van der Waals surface area contributed by atoms with E-state index in [2.05, 4.69) is 13.0 Å².